The monoisotopic (exact) mass is 268 g/mol. The lowest BCUT2D eigenvalue weighted by Crippen LogP contribution is -2.30. The molecule has 1 saturated heterocycles. The van der Waals surface area contributed by atoms with Crippen molar-refractivity contribution in [3.63, 3.8) is 0 Å². The van der Waals surface area contributed by atoms with Crippen LogP contribution in [-0.4, -0.2) is 46.7 Å². The minimum absolute atomic E-state index is 0.162. The standard InChI is InChI=1S/C13H24N4O2/c1-10(2)6-14-7-11-4-5-12(19-11)8-18-13-15-9-17(3)16-13/h9-12,14H,4-8H2,1-3H3. The molecule has 2 rings (SSSR count). The summed E-state index contributed by atoms with van der Waals surface area (Å²) in [5, 5.41) is 7.51. The number of aryl methyl sites for hydroxylation is 1. The van der Waals surface area contributed by atoms with E-state index in [-0.39, 0.29) is 6.10 Å². The first-order valence-corrected chi connectivity index (χ1v) is 6.98. The van der Waals surface area contributed by atoms with Crippen molar-refractivity contribution in [3.05, 3.63) is 6.33 Å². The Kier molecular flexibility index (Phi) is 5.15. The van der Waals surface area contributed by atoms with E-state index in [9.17, 15) is 0 Å². The Hall–Kier alpha value is -1.14. The van der Waals surface area contributed by atoms with Gasteiger partial charge in [0.25, 0.3) is 0 Å². The lowest BCUT2D eigenvalue weighted by molar-refractivity contribution is 0.0164. The summed E-state index contributed by atoms with van der Waals surface area (Å²) in [5.74, 6) is 0.677. The highest BCUT2D eigenvalue weighted by Gasteiger charge is 2.25. The number of hydrogen-bond donors (Lipinski definition) is 1. The highest BCUT2D eigenvalue weighted by molar-refractivity contribution is 4.88. The molecule has 1 aliphatic rings. The molecule has 1 fully saturated rings. The predicted octanol–water partition coefficient (Wildman–Crippen LogP) is 0.987. The van der Waals surface area contributed by atoms with Crippen molar-refractivity contribution in [1.82, 2.24) is 20.1 Å². The Morgan fingerprint density at radius 3 is 2.95 bits per heavy atom. The first-order valence-electron chi connectivity index (χ1n) is 6.98. The Labute approximate surface area is 114 Å². The first-order chi connectivity index (χ1) is 9.13. The van der Waals surface area contributed by atoms with Crippen molar-refractivity contribution in [2.24, 2.45) is 13.0 Å². The van der Waals surface area contributed by atoms with Crippen LogP contribution < -0.4 is 10.1 Å². The van der Waals surface area contributed by atoms with Gasteiger partial charge >= 0.3 is 6.01 Å². The van der Waals surface area contributed by atoms with Crippen LogP contribution in [0.3, 0.4) is 0 Å². The van der Waals surface area contributed by atoms with Crippen LogP contribution in [0.15, 0.2) is 6.33 Å². The fraction of sp³-hybridized carbons (Fsp3) is 0.846. The highest BCUT2D eigenvalue weighted by atomic mass is 16.5. The molecule has 0 aromatic carbocycles. The van der Waals surface area contributed by atoms with Crippen LogP contribution >= 0.6 is 0 Å². The van der Waals surface area contributed by atoms with Crippen LogP contribution in [0.4, 0.5) is 0 Å². The van der Waals surface area contributed by atoms with Crippen molar-refractivity contribution in [3.8, 4) is 6.01 Å². The lowest BCUT2D eigenvalue weighted by Gasteiger charge is -2.15. The van der Waals surface area contributed by atoms with Gasteiger partial charge < -0.3 is 14.8 Å². The molecule has 6 heteroatoms. The maximum Gasteiger partial charge on any atom is 0.335 e. The van der Waals surface area contributed by atoms with Crippen LogP contribution in [-0.2, 0) is 11.8 Å². The van der Waals surface area contributed by atoms with E-state index in [2.05, 4.69) is 29.2 Å². The van der Waals surface area contributed by atoms with Crippen molar-refractivity contribution in [1.29, 1.82) is 0 Å². The predicted molar refractivity (Wildman–Crippen MR) is 72.1 cm³/mol. The molecule has 0 bridgehead atoms. The van der Waals surface area contributed by atoms with Crippen molar-refractivity contribution in [2.75, 3.05) is 19.7 Å². The molecule has 108 valence electrons. The normalized spacial score (nSPS) is 23.2. The maximum absolute atomic E-state index is 5.92. The van der Waals surface area contributed by atoms with E-state index >= 15 is 0 Å². The van der Waals surface area contributed by atoms with Gasteiger partial charge in [0.05, 0.1) is 12.2 Å². The minimum Gasteiger partial charge on any atom is -0.460 e. The summed E-state index contributed by atoms with van der Waals surface area (Å²) in [6.07, 6.45) is 4.23. The molecule has 1 aliphatic heterocycles. The molecule has 1 aromatic heterocycles. The van der Waals surface area contributed by atoms with E-state index in [4.69, 9.17) is 9.47 Å². The third kappa shape index (κ3) is 4.80. The van der Waals surface area contributed by atoms with Gasteiger partial charge in [0.1, 0.15) is 12.9 Å². The topological polar surface area (TPSA) is 61.2 Å². The van der Waals surface area contributed by atoms with E-state index < -0.39 is 0 Å². The summed E-state index contributed by atoms with van der Waals surface area (Å²) in [4.78, 5) is 4.03. The molecular formula is C13H24N4O2. The van der Waals surface area contributed by atoms with Crippen LogP contribution in [0, 0.1) is 5.92 Å². The van der Waals surface area contributed by atoms with E-state index in [0.29, 0.717) is 24.6 Å². The number of nitrogens with one attached hydrogen (secondary N) is 1. The third-order valence-electron chi connectivity index (χ3n) is 3.10. The van der Waals surface area contributed by atoms with Gasteiger partial charge in [-0.2, -0.15) is 4.98 Å². The summed E-state index contributed by atoms with van der Waals surface area (Å²) < 4.78 is 13.1. The Balaban J connectivity index is 1.62. The first kappa shape index (κ1) is 14.3. The second kappa shape index (κ2) is 6.86. The molecule has 2 atom stereocenters. The van der Waals surface area contributed by atoms with Gasteiger partial charge in [0.15, 0.2) is 0 Å². The number of nitrogens with zero attached hydrogens (tertiary/aromatic N) is 3. The summed E-state index contributed by atoms with van der Waals surface area (Å²) in [6, 6.07) is 0.424. The number of aromatic nitrogens is 3. The summed E-state index contributed by atoms with van der Waals surface area (Å²) >= 11 is 0. The molecule has 0 aliphatic carbocycles. The van der Waals surface area contributed by atoms with Gasteiger partial charge in [0, 0.05) is 13.6 Å². The van der Waals surface area contributed by atoms with Crippen molar-refractivity contribution < 1.29 is 9.47 Å². The highest BCUT2D eigenvalue weighted by Crippen LogP contribution is 2.19. The van der Waals surface area contributed by atoms with E-state index in [0.717, 1.165) is 25.9 Å². The zero-order valence-corrected chi connectivity index (χ0v) is 12.0. The molecule has 2 heterocycles. The van der Waals surface area contributed by atoms with Gasteiger partial charge in [-0.3, -0.25) is 4.68 Å². The number of hydrogen-bond acceptors (Lipinski definition) is 5. The minimum atomic E-state index is 0.162. The molecule has 0 spiro atoms. The van der Waals surface area contributed by atoms with Crippen molar-refractivity contribution in [2.45, 2.75) is 38.9 Å². The van der Waals surface area contributed by atoms with Crippen LogP contribution in [0.25, 0.3) is 0 Å². The molecule has 0 amide bonds. The maximum atomic E-state index is 5.92. The van der Waals surface area contributed by atoms with Gasteiger partial charge in [-0.15, -0.1) is 5.10 Å². The Morgan fingerprint density at radius 2 is 2.26 bits per heavy atom. The van der Waals surface area contributed by atoms with Gasteiger partial charge in [-0.25, -0.2) is 0 Å². The molecule has 0 saturated carbocycles. The van der Waals surface area contributed by atoms with E-state index in [1.54, 1.807) is 11.0 Å². The molecular weight excluding hydrogens is 244 g/mol. The van der Waals surface area contributed by atoms with Crippen LogP contribution in [0.2, 0.25) is 0 Å². The van der Waals surface area contributed by atoms with Crippen LogP contribution in [0.1, 0.15) is 26.7 Å². The Bertz CT molecular complexity index is 380. The summed E-state index contributed by atoms with van der Waals surface area (Å²) in [7, 11) is 1.82. The zero-order valence-electron chi connectivity index (χ0n) is 12.0. The lowest BCUT2D eigenvalue weighted by atomic mass is 10.2. The fourth-order valence-electron chi connectivity index (χ4n) is 2.14. The molecule has 6 nitrogen and oxygen atoms in total. The van der Waals surface area contributed by atoms with Gasteiger partial charge in [-0.05, 0) is 25.3 Å². The summed E-state index contributed by atoms with van der Waals surface area (Å²) in [5.41, 5.74) is 0. The largest absolute Gasteiger partial charge is 0.460 e. The molecule has 0 radical (unpaired) electrons. The van der Waals surface area contributed by atoms with E-state index in [1.165, 1.54) is 0 Å². The average molecular weight is 268 g/mol. The fourth-order valence-corrected chi connectivity index (χ4v) is 2.14. The van der Waals surface area contributed by atoms with E-state index in [1.807, 2.05) is 7.05 Å². The van der Waals surface area contributed by atoms with Gasteiger partial charge in [0.2, 0.25) is 0 Å². The quantitative estimate of drug-likeness (QED) is 0.799. The molecule has 2 unspecified atom stereocenters. The number of rotatable bonds is 7. The Morgan fingerprint density at radius 1 is 1.47 bits per heavy atom. The molecule has 1 N–H and O–H groups in total. The number of ether oxygens (including phenoxy) is 2. The SMILES string of the molecule is CC(C)CNCC1CCC(COc2ncn(C)n2)O1. The zero-order chi connectivity index (χ0) is 13.7. The second-order valence-electron chi connectivity index (χ2n) is 5.52. The van der Waals surface area contributed by atoms with Gasteiger partial charge in [-0.1, -0.05) is 13.8 Å². The summed E-state index contributed by atoms with van der Waals surface area (Å²) in [6.45, 7) is 6.91. The smallest absolute Gasteiger partial charge is 0.335 e. The van der Waals surface area contributed by atoms with Crippen LogP contribution in [0.5, 0.6) is 6.01 Å². The molecule has 1 aromatic rings. The second-order valence-corrected chi connectivity index (χ2v) is 5.52. The third-order valence-corrected chi connectivity index (χ3v) is 3.10. The average Bonchev–Trinajstić information content (AvgIpc) is 2.95. The van der Waals surface area contributed by atoms with Crippen molar-refractivity contribution >= 4 is 0 Å². The molecule has 19 heavy (non-hydrogen) atoms.